The van der Waals surface area contributed by atoms with Crippen molar-refractivity contribution in [1.29, 1.82) is 5.26 Å². The van der Waals surface area contributed by atoms with Gasteiger partial charge in [-0.2, -0.15) is 5.26 Å². The van der Waals surface area contributed by atoms with Crippen LogP contribution < -0.4 is 4.74 Å². The number of carbonyl (C=O) groups excluding carboxylic acids is 2. The van der Waals surface area contributed by atoms with Crippen molar-refractivity contribution in [1.82, 2.24) is 0 Å². The van der Waals surface area contributed by atoms with Gasteiger partial charge in [0, 0.05) is 11.6 Å². The number of esters is 2. The van der Waals surface area contributed by atoms with Crippen LogP contribution in [0.5, 0.6) is 11.5 Å². The molecule has 1 aliphatic rings. The maximum Gasteiger partial charge on any atom is 0.330 e. The smallest absolute Gasteiger partial charge is 0.330 e. The number of para-hydroxylation sites is 1. The molecule has 0 saturated heterocycles. The molecule has 1 N–H and O–H groups in total. The van der Waals surface area contributed by atoms with Crippen molar-refractivity contribution in [3.8, 4) is 17.6 Å². The summed E-state index contributed by atoms with van der Waals surface area (Å²) in [5.74, 6) is -0.609. The van der Waals surface area contributed by atoms with E-state index in [1.165, 1.54) is 6.08 Å². The molecule has 2 aromatic carbocycles. The largest absolute Gasteiger partial charge is 0.460 e. The third-order valence-corrected chi connectivity index (χ3v) is 5.43. The molecule has 1 saturated carbocycles. The van der Waals surface area contributed by atoms with E-state index in [-0.39, 0.29) is 19.1 Å². The van der Waals surface area contributed by atoms with Gasteiger partial charge in [0.15, 0.2) is 0 Å². The summed E-state index contributed by atoms with van der Waals surface area (Å²) in [5, 5.41) is 18.3. The van der Waals surface area contributed by atoms with Gasteiger partial charge in [0.25, 0.3) is 0 Å². The number of benzene rings is 2. The van der Waals surface area contributed by atoms with Crippen molar-refractivity contribution in [2.45, 2.75) is 20.0 Å². The second-order valence-electron chi connectivity index (χ2n) is 8.01. The van der Waals surface area contributed by atoms with Crippen molar-refractivity contribution in [2.24, 2.45) is 17.3 Å². The summed E-state index contributed by atoms with van der Waals surface area (Å²) < 4.78 is 16.1. The summed E-state index contributed by atoms with van der Waals surface area (Å²) in [5.41, 5.74) is 0.0933. The first-order chi connectivity index (χ1) is 15.4. The quantitative estimate of drug-likeness (QED) is 0.469. The lowest BCUT2D eigenvalue weighted by Crippen LogP contribution is -2.14. The maximum atomic E-state index is 12.8. The number of nitriles is 1. The number of aliphatic hydroxyl groups excluding tert-OH is 1. The first kappa shape index (κ1) is 23.0. The van der Waals surface area contributed by atoms with Crippen molar-refractivity contribution < 1.29 is 28.9 Å². The van der Waals surface area contributed by atoms with E-state index in [1.807, 2.05) is 50.2 Å². The molecule has 7 nitrogen and oxygen atoms in total. The summed E-state index contributed by atoms with van der Waals surface area (Å²) in [6.07, 6.45) is 1.78. The first-order valence-electron chi connectivity index (χ1n) is 10.3. The molecule has 3 rings (SSSR count). The minimum Gasteiger partial charge on any atom is -0.460 e. The monoisotopic (exact) mass is 435 g/mol. The van der Waals surface area contributed by atoms with Crippen LogP contribution in [0, 0.1) is 28.6 Å². The van der Waals surface area contributed by atoms with Crippen molar-refractivity contribution in [3.63, 3.8) is 0 Å². The highest BCUT2D eigenvalue weighted by molar-refractivity contribution is 5.83. The number of hydrogen-bond donors (Lipinski definition) is 1. The van der Waals surface area contributed by atoms with Gasteiger partial charge in [-0.25, -0.2) is 4.79 Å². The summed E-state index contributed by atoms with van der Waals surface area (Å²) in [6.45, 7) is 3.45. The van der Waals surface area contributed by atoms with Gasteiger partial charge < -0.3 is 19.3 Å². The van der Waals surface area contributed by atoms with Crippen LogP contribution in [0.3, 0.4) is 0 Å². The third-order valence-electron chi connectivity index (χ3n) is 5.43. The Morgan fingerprint density at radius 1 is 1.16 bits per heavy atom. The van der Waals surface area contributed by atoms with E-state index >= 15 is 0 Å². The van der Waals surface area contributed by atoms with E-state index in [9.17, 15) is 14.9 Å². The Labute approximate surface area is 186 Å². The number of ether oxygens (including phenoxy) is 3. The predicted molar refractivity (Wildman–Crippen MR) is 115 cm³/mol. The third kappa shape index (κ3) is 5.54. The molecule has 0 heterocycles. The second kappa shape index (κ2) is 10.1. The molecule has 1 unspecified atom stereocenters. The van der Waals surface area contributed by atoms with Gasteiger partial charge in [0.05, 0.1) is 12.5 Å². The predicted octanol–water partition coefficient (Wildman–Crippen LogP) is 3.95. The van der Waals surface area contributed by atoms with Crippen LogP contribution >= 0.6 is 0 Å². The lowest BCUT2D eigenvalue weighted by atomic mass is 10.1. The highest BCUT2D eigenvalue weighted by atomic mass is 16.5. The van der Waals surface area contributed by atoms with Gasteiger partial charge in [0.1, 0.15) is 24.2 Å². The fraction of sp³-hybridized carbons (Fsp3) is 0.320. The molecule has 0 aromatic heterocycles. The molecule has 0 bridgehead atoms. The highest BCUT2D eigenvalue weighted by Gasteiger charge is 2.61. The minimum atomic E-state index is -1.09. The van der Waals surface area contributed by atoms with Crippen LogP contribution in [0.15, 0.2) is 66.7 Å². The lowest BCUT2D eigenvalue weighted by Gasteiger charge is -2.13. The van der Waals surface area contributed by atoms with Crippen molar-refractivity contribution in [2.75, 3.05) is 13.2 Å². The molecular formula is C25H25NO6. The normalized spacial score (nSPS) is 19.6. The van der Waals surface area contributed by atoms with Gasteiger partial charge in [0.2, 0.25) is 6.10 Å². The van der Waals surface area contributed by atoms with E-state index in [2.05, 4.69) is 0 Å². The van der Waals surface area contributed by atoms with Gasteiger partial charge in [-0.15, -0.1) is 0 Å². The molecule has 32 heavy (non-hydrogen) atoms. The Kier molecular flexibility index (Phi) is 7.29. The van der Waals surface area contributed by atoms with Crippen molar-refractivity contribution in [3.05, 3.63) is 72.3 Å². The summed E-state index contributed by atoms with van der Waals surface area (Å²) in [7, 11) is 0. The molecule has 1 aliphatic carbocycles. The number of rotatable bonds is 9. The molecule has 0 amide bonds. The fourth-order valence-electron chi connectivity index (χ4n) is 3.59. The molecule has 166 valence electrons. The Hall–Kier alpha value is -3.63. The van der Waals surface area contributed by atoms with Crippen LogP contribution in [0.25, 0.3) is 0 Å². The maximum absolute atomic E-state index is 12.8. The summed E-state index contributed by atoms with van der Waals surface area (Å²) in [6, 6.07) is 18.1. The molecule has 3 atom stereocenters. The van der Waals surface area contributed by atoms with E-state index in [0.29, 0.717) is 17.1 Å². The zero-order chi connectivity index (χ0) is 23.1. The van der Waals surface area contributed by atoms with Crippen LogP contribution in [0.1, 0.15) is 25.5 Å². The molecule has 1 fully saturated rings. The molecule has 0 radical (unpaired) electrons. The van der Waals surface area contributed by atoms with E-state index in [1.54, 1.807) is 30.3 Å². The van der Waals surface area contributed by atoms with E-state index in [4.69, 9.17) is 19.3 Å². The van der Waals surface area contributed by atoms with Gasteiger partial charge in [-0.3, -0.25) is 4.79 Å². The number of carbonyl (C=O) groups is 2. The average Bonchev–Trinajstić information content (AvgIpc) is 3.35. The Morgan fingerprint density at radius 2 is 1.88 bits per heavy atom. The van der Waals surface area contributed by atoms with E-state index in [0.717, 1.165) is 0 Å². The standard InChI is InChI=1S/C25H25NO6/c1-25(2)20(11-12-22(28)30-14-13-27)23(25)24(29)32-21(16-26)17-7-6-10-19(15-17)31-18-8-4-3-5-9-18/h3-12,15,20-21,23,27H,13-14H2,1-2H3/b12-11-/t20-,21?,23-/m0/s1. The molecular weight excluding hydrogens is 410 g/mol. The summed E-state index contributed by atoms with van der Waals surface area (Å²) >= 11 is 0. The van der Waals surface area contributed by atoms with Crippen LogP contribution in [0.4, 0.5) is 0 Å². The fourth-order valence-corrected chi connectivity index (χ4v) is 3.59. The average molecular weight is 435 g/mol. The van der Waals surface area contributed by atoms with E-state index < -0.39 is 29.4 Å². The molecule has 0 aliphatic heterocycles. The number of nitrogens with zero attached hydrogens (tertiary/aromatic N) is 1. The van der Waals surface area contributed by atoms with Crippen LogP contribution in [-0.2, 0) is 19.1 Å². The lowest BCUT2D eigenvalue weighted by molar-refractivity contribution is -0.149. The van der Waals surface area contributed by atoms with Crippen LogP contribution in [0.2, 0.25) is 0 Å². The summed E-state index contributed by atoms with van der Waals surface area (Å²) in [4.78, 5) is 24.4. The SMILES string of the molecule is CC1(C)[C@H](C(=O)OC(C#N)c2cccc(Oc3ccccc3)c2)[C@@H]1/C=C\C(=O)OCCO. The van der Waals surface area contributed by atoms with Crippen LogP contribution in [-0.4, -0.2) is 30.3 Å². The van der Waals surface area contributed by atoms with Crippen molar-refractivity contribution >= 4 is 11.9 Å². The van der Waals surface area contributed by atoms with Gasteiger partial charge in [-0.1, -0.05) is 50.3 Å². The molecule has 0 spiro atoms. The highest BCUT2D eigenvalue weighted by Crippen LogP contribution is 2.59. The zero-order valence-electron chi connectivity index (χ0n) is 17.9. The first-order valence-corrected chi connectivity index (χ1v) is 10.3. The molecule has 7 heteroatoms. The number of aliphatic hydroxyl groups is 1. The Bertz CT molecular complexity index is 1020. The number of allylic oxidation sites excluding steroid dienone is 1. The second-order valence-corrected chi connectivity index (χ2v) is 8.01. The topological polar surface area (TPSA) is 106 Å². The Balaban J connectivity index is 1.65. The minimum absolute atomic E-state index is 0.0837. The zero-order valence-corrected chi connectivity index (χ0v) is 17.9. The van der Waals surface area contributed by atoms with Gasteiger partial charge in [-0.05, 0) is 35.6 Å². The van der Waals surface area contributed by atoms with Gasteiger partial charge >= 0.3 is 11.9 Å². The Morgan fingerprint density at radius 3 is 2.56 bits per heavy atom. The molecule has 2 aromatic rings. The number of hydrogen-bond acceptors (Lipinski definition) is 7.